The number of hydrogen-bond donors (Lipinski definition) is 0. The highest BCUT2D eigenvalue weighted by atomic mass is 32.1. The van der Waals surface area contributed by atoms with Crippen molar-refractivity contribution in [3.63, 3.8) is 0 Å². The van der Waals surface area contributed by atoms with Gasteiger partial charge in [0.15, 0.2) is 0 Å². The van der Waals surface area contributed by atoms with Crippen molar-refractivity contribution < 1.29 is 9.21 Å². The lowest BCUT2D eigenvalue weighted by molar-refractivity contribution is 0.0991. The van der Waals surface area contributed by atoms with E-state index in [-0.39, 0.29) is 5.91 Å². The third-order valence-electron chi connectivity index (χ3n) is 4.25. The molecule has 0 spiro atoms. The lowest BCUT2D eigenvalue weighted by Gasteiger charge is -2.15. The summed E-state index contributed by atoms with van der Waals surface area (Å²) in [5, 5.41) is 4.09. The van der Waals surface area contributed by atoms with E-state index < -0.39 is 0 Å². The minimum absolute atomic E-state index is 0.0162. The first-order valence-corrected chi connectivity index (χ1v) is 8.51. The second-order valence-corrected chi connectivity index (χ2v) is 6.64. The number of hydrogen-bond acceptors (Lipinski definition) is 4. The molecule has 3 heterocycles. The highest BCUT2D eigenvalue weighted by Gasteiger charge is 2.30. The Bertz CT molecular complexity index is 1060. The van der Waals surface area contributed by atoms with Crippen LogP contribution in [-0.4, -0.2) is 10.9 Å². The van der Waals surface area contributed by atoms with Gasteiger partial charge in [-0.3, -0.25) is 4.79 Å². The fraction of sp³-hybridized carbons (Fsp3) is 0.0526. The number of oxazole rings is 1. The van der Waals surface area contributed by atoms with Gasteiger partial charge < -0.3 is 9.32 Å². The van der Waals surface area contributed by atoms with Gasteiger partial charge in [-0.1, -0.05) is 30.3 Å². The van der Waals surface area contributed by atoms with Crippen molar-refractivity contribution in [3.8, 4) is 10.8 Å². The molecule has 0 saturated heterocycles. The topological polar surface area (TPSA) is 46.3 Å². The Kier molecular flexibility index (Phi) is 2.84. The zero-order chi connectivity index (χ0) is 16.1. The van der Waals surface area contributed by atoms with Gasteiger partial charge in [-0.15, -0.1) is 11.3 Å². The monoisotopic (exact) mass is 332 g/mol. The molecule has 5 rings (SSSR count). The summed E-state index contributed by atoms with van der Waals surface area (Å²) >= 11 is 1.58. The number of carbonyl (C=O) groups is 1. The fourth-order valence-corrected chi connectivity index (χ4v) is 3.85. The van der Waals surface area contributed by atoms with E-state index >= 15 is 0 Å². The van der Waals surface area contributed by atoms with Crippen molar-refractivity contribution in [2.75, 3.05) is 4.90 Å². The van der Waals surface area contributed by atoms with E-state index in [1.165, 1.54) is 0 Å². The van der Waals surface area contributed by atoms with E-state index in [1.807, 2.05) is 53.9 Å². The summed E-state index contributed by atoms with van der Waals surface area (Å²) in [6.07, 6.45) is 1.63. The summed E-state index contributed by atoms with van der Waals surface area (Å²) < 4.78 is 5.57. The van der Waals surface area contributed by atoms with Crippen molar-refractivity contribution in [2.24, 2.45) is 0 Å². The summed E-state index contributed by atoms with van der Waals surface area (Å²) in [6, 6.07) is 15.8. The number of amides is 1. The van der Waals surface area contributed by atoms with Gasteiger partial charge in [0.25, 0.3) is 5.91 Å². The molecule has 0 N–H and O–H groups in total. The average Bonchev–Trinajstić information content (AvgIpc) is 3.33. The van der Waals surface area contributed by atoms with Crippen LogP contribution < -0.4 is 4.90 Å². The number of aromatic nitrogens is 1. The smallest absolute Gasteiger partial charge is 0.259 e. The number of anilines is 1. The molecule has 0 unspecified atom stereocenters. The molecule has 2 aromatic heterocycles. The van der Waals surface area contributed by atoms with Crippen LogP contribution in [0, 0.1) is 0 Å². The SMILES string of the molecule is O=C1c2cccc3cccc(c23)N1Cc1coc(-c2cccs2)n1. The van der Waals surface area contributed by atoms with E-state index in [1.54, 1.807) is 22.5 Å². The summed E-state index contributed by atoms with van der Waals surface area (Å²) in [6.45, 7) is 0.404. The van der Waals surface area contributed by atoms with Crippen LogP contribution in [0.1, 0.15) is 16.1 Å². The van der Waals surface area contributed by atoms with Crippen molar-refractivity contribution >= 4 is 33.7 Å². The Labute approximate surface area is 142 Å². The molecule has 0 aliphatic carbocycles. The molecule has 1 aliphatic rings. The Morgan fingerprint density at radius 1 is 1.08 bits per heavy atom. The number of thiophene rings is 1. The van der Waals surface area contributed by atoms with Crippen molar-refractivity contribution in [3.05, 3.63) is 71.4 Å². The maximum Gasteiger partial charge on any atom is 0.259 e. The fourth-order valence-electron chi connectivity index (χ4n) is 3.19. The van der Waals surface area contributed by atoms with Crippen molar-refractivity contribution in [1.29, 1.82) is 0 Å². The van der Waals surface area contributed by atoms with Crippen molar-refractivity contribution in [1.82, 2.24) is 4.98 Å². The minimum Gasteiger partial charge on any atom is -0.443 e. The summed E-state index contributed by atoms with van der Waals surface area (Å²) in [5.41, 5.74) is 2.44. The zero-order valence-corrected chi connectivity index (χ0v) is 13.4. The summed E-state index contributed by atoms with van der Waals surface area (Å²) in [5.74, 6) is 0.616. The van der Waals surface area contributed by atoms with Crippen LogP contribution in [-0.2, 0) is 6.54 Å². The lowest BCUT2D eigenvalue weighted by atomic mass is 10.1. The molecule has 0 fully saturated rings. The maximum absolute atomic E-state index is 12.8. The van der Waals surface area contributed by atoms with Gasteiger partial charge >= 0.3 is 0 Å². The number of rotatable bonds is 3. The predicted molar refractivity (Wildman–Crippen MR) is 94.3 cm³/mol. The van der Waals surface area contributed by atoms with Crippen LogP contribution in [0.15, 0.2) is 64.6 Å². The maximum atomic E-state index is 12.8. The molecule has 5 heteroatoms. The standard InChI is InChI=1S/C19H12N2O2S/c22-19-14-6-1-4-12-5-2-7-15(17(12)14)21(19)10-13-11-23-18(20-13)16-8-3-9-24-16/h1-9,11H,10H2. The normalized spacial score (nSPS) is 13.2. The highest BCUT2D eigenvalue weighted by Crippen LogP contribution is 2.38. The van der Waals surface area contributed by atoms with Gasteiger partial charge in [-0.25, -0.2) is 4.98 Å². The second-order valence-electron chi connectivity index (χ2n) is 5.69. The van der Waals surface area contributed by atoms with E-state index in [0.29, 0.717) is 12.4 Å². The Balaban J connectivity index is 1.53. The van der Waals surface area contributed by atoms with Crippen LogP contribution in [0.3, 0.4) is 0 Å². The third-order valence-corrected chi connectivity index (χ3v) is 5.11. The number of carbonyl (C=O) groups excluding carboxylic acids is 1. The molecule has 1 amide bonds. The molecule has 4 aromatic rings. The zero-order valence-electron chi connectivity index (χ0n) is 12.6. The molecular formula is C19H12N2O2S. The van der Waals surface area contributed by atoms with Gasteiger partial charge in [-0.05, 0) is 29.0 Å². The predicted octanol–water partition coefficient (Wildman–Crippen LogP) is 4.72. The van der Waals surface area contributed by atoms with Gasteiger partial charge in [0, 0.05) is 10.9 Å². The summed E-state index contributed by atoms with van der Waals surface area (Å²) in [7, 11) is 0. The number of benzene rings is 2. The highest BCUT2D eigenvalue weighted by molar-refractivity contribution is 7.13. The van der Waals surface area contributed by atoms with Crippen molar-refractivity contribution in [2.45, 2.75) is 6.54 Å². The van der Waals surface area contributed by atoms with Crippen LogP contribution in [0.25, 0.3) is 21.5 Å². The summed E-state index contributed by atoms with van der Waals surface area (Å²) in [4.78, 5) is 20.1. The first-order chi connectivity index (χ1) is 11.8. The van der Waals surface area contributed by atoms with E-state index in [0.717, 1.165) is 32.6 Å². The Hall–Kier alpha value is -2.92. The number of nitrogens with zero attached hydrogens (tertiary/aromatic N) is 2. The molecule has 24 heavy (non-hydrogen) atoms. The van der Waals surface area contributed by atoms with Crippen LogP contribution in [0.4, 0.5) is 5.69 Å². The van der Waals surface area contributed by atoms with E-state index in [4.69, 9.17) is 4.42 Å². The first-order valence-electron chi connectivity index (χ1n) is 7.63. The van der Waals surface area contributed by atoms with Gasteiger partial charge in [0.1, 0.15) is 6.26 Å². The first kappa shape index (κ1) is 13.5. The molecule has 4 nitrogen and oxygen atoms in total. The Morgan fingerprint density at radius 2 is 1.96 bits per heavy atom. The lowest BCUT2D eigenvalue weighted by Crippen LogP contribution is -2.26. The molecular weight excluding hydrogens is 320 g/mol. The van der Waals surface area contributed by atoms with Gasteiger partial charge in [0.05, 0.1) is 22.8 Å². The molecule has 0 atom stereocenters. The molecule has 2 aromatic carbocycles. The molecule has 0 radical (unpaired) electrons. The molecule has 116 valence electrons. The van der Waals surface area contributed by atoms with Crippen LogP contribution >= 0.6 is 11.3 Å². The Morgan fingerprint density at radius 3 is 2.79 bits per heavy atom. The minimum atomic E-state index is 0.0162. The van der Waals surface area contributed by atoms with Gasteiger partial charge in [0.2, 0.25) is 5.89 Å². The molecule has 0 bridgehead atoms. The second kappa shape index (κ2) is 5.04. The van der Waals surface area contributed by atoms with E-state index in [2.05, 4.69) is 4.98 Å². The quantitative estimate of drug-likeness (QED) is 0.545. The van der Waals surface area contributed by atoms with Gasteiger partial charge in [-0.2, -0.15) is 0 Å². The largest absolute Gasteiger partial charge is 0.443 e. The van der Waals surface area contributed by atoms with Crippen LogP contribution in [0.2, 0.25) is 0 Å². The van der Waals surface area contributed by atoms with E-state index in [9.17, 15) is 4.79 Å². The van der Waals surface area contributed by atoms with Crippen LogP contribution in [0.5, 0.6) is 0 Å². The third kappa shape index (κ3) is 1.91. The molecule has 1 aliphatic heterocycles. The average molecular weight is 332 g/mol. The molecule has 0 saturated carbocycles.